The molecular formula is C17H19F4IN6. The smallest absolute Gasteiger partial charge is 0.370 e. The molecule has 3 rings (SSSR count). The van der Waals surface area contributed by atoms with Gasteiger partial charge in [-0.05, 0) is 23.8 Å². The molecule has 0 amide bonds. The quantitative estimate of drug-likeness (QED) is 0.298. The minimum atomic E-state index is -4.65. The van der Waals surface area contributed by atoms with Crippen LogP contribution in [0.5, 0.6) is 0 Å². The van der Waals surface area contributed by atoms with E-state index in [0.717, 1.165) is 12.1 Å². The third-order valence-corrected chi connectivity index (χ3v) is 4.23. The number of guanidine groups is 1. The lowest BCUT2D eigenvalue weighted by Crippen LogP contribution is -2.51. The number of hydrogen-bond acceptors (Lipinski definition) is 4. The van der Waals surface area contributed by atoms with Gasteiger partial charge in [-0.3, -0.25) is 0 Å². The topological polar surface area (TPSA) is 70.6 Å². The average molecular weight is 510 g/mol. The molecule has 28 heavy (non-hydrogen) atoms. The van der Waals surface area contributed by atoms with Crippen molar-refractivity contribution >= 4 is 35.9 Å². The van der Waals surface area contributed by atoms with Crippen molar-refractivity contribution < 1.29 is 17.6 Å². The Morgan fingerprint density at radius 3 is 2.36 bits per heavy atom. The summed E-state index contributed by atoms with van der Waals surface area (Å²) in [4.78, 5) is 16.2. The highest BCUT2D eigenvalue weighted by Crippen LogP contribution is 2.32. The lowest BCUT2D eigenvalue weighted by atomic mass is 10.1. The molecule has 1 fully saturated rings. The number of aliphatic imine (C=N–C) groups is 1. The summed E-state index contributed by atoms with van der Waals surface area (Å²) >= 11 is 0. The second kappa shape index (κ2) is 9.34. The van der Waals surface area contributed by atoms with Crippen LogP contribution in [0.3, 0.4) is 0 Å². The van der Waals surface area contributed by atoms with Crippen molar-refractivity contribution in [2.24, 2.45) is 10.7 Å². The van der Waals surface area contributed by atoms with Crippen LogP contribution >= 0.6 is 24.0 Å². The normalized spacial score (nSPS) is 15.4. The van der Waals surface area contributed by atoms with Crippen LogP contribution in [-0.2, 0) is 12.7 Å². The number of halogens is 5. The van der Waals surface area contributed by atoms with Crippen LogP contribution < -0.4 is 10.6 Å². The van der Waals surface area contributed by atoms with Gasteiger partial charge in [0.05, 0.1) is 12.1 Å². The van der Waals surface area contributed by atoms with E-state index in [1.165, 1.54) is 0 Å². The number of piperazine rings is 1. The number of benzene rings is 1. The molecule has 1 aliphatic heterocycles. The molecule has 6 nitrogen and oxygen atoms in total. The Labute approximate surface area is 176 Å². The summed E-state index contributed by atoms with van der Waals surface area (Å²) in [5.74, 6) is -0.169. The van der Waals surface area contributed by atoms with Crippen LogP contribution in [0.1, 0.15) is 11.1 Å². The molecule has 0 aliphatic carbocycles. The van der Waals surface area contributed by atoms with E-state index >= 15 is 0 Å². The van der Waals surface area contributed by atoms with Gasteiger partial charge in [0.25, 0.3) is 0 Å². The van der Waals surface area contributed by atoms with Crippen LogP contribution in [0.2, 0.25) is 0 Å². The highest BCUT2D eigenvalue weighted by Gasteiger charge is 2.33. The molecule has 1 saturated heterocycles. The fraction of sp³-hybridized carbons (Fsp3) is 0.353. The van der Waals surface area contributed by atoms with E-state index in [0.29, 0.717) is 38.2 Å². The van der Waals surface area contributed by atoms with Gasteiger partial charge in [-0.15, -0.1) is 24.0 Å². The highest BCUT2D eigenvalue weighted by molar-refractivity contribution is 14.0. The van der Waals surface area contributed by atoms with Gasteiger partial charge in [0, 0.05) is 38.6 Å². The Balaban J connectivity index is 0.00000280. The Bertz CT molecular complexity index is 807. The maximum atomic E-state index is 13.2. The van der Waals surface area contributed by atoms with Crippen molar-refractivity contribution in [1.29, 1.82) is 0 Å². The highest BCUT2D eigenvalue weighted by atomic mass is 127. The van der Waals surface area contributed by atoms with E-state index in [9.17, 15) is 17.6 Å². The first-order chi connectivity index (χ1) is 12.8. The molecule has 0 saturated carbocycles. The number of rotatable bonds is 3. The largest absolute Gasteiger partial charge is 0.416 e. The van der Waals surface area contributed by atoms with Crippen molar-refractivity contribution in [2.45, 2.75) is 12.7 Å². The minimum absolute atomic E-state index is 0. The third kappa shape index (κ3) is 5.42. The van der Waals surface area contributed by atoms with Gasteiger partial charge in [0.2, 0.25) is 5.95 Å². The summed E-state index contributed by atoms with van der Waals surface area (Å²) in [6, 6.07) is 4.27. The van der Waals surface area contributed by atoms with Gasteiger partial charge in [-0.1, -0.05) is 6.07 Å². The maximum Gasteiger partial charge on any atom is 0.416 e. The molecule has 1 aromatic heterocycles. The number of hydrogen-bond donors (Lipinski definition) is 1. The predicted molar refractivity (Wildman–Crippen MR) is 108 cm³/mol. The van der Waals surface area contributed by atoms with E-state index in [4.69, 9.17) is 5.73 Å². The van der Waals surface area contributed by atoms with Gasteiger partial charge in [0.15, 0.2) is 5.96 Å². The summed E-state index contributed by atoms with van der Waals surface area (Å²) in [6.07, 6.45) is -1.33. The van der Waals surface area contributed by atoms with Crippen molar-refractivity contribution in [3.8, 4) is 0 Å². The summed E-state index contributed by atoms with van der Waals surface area (Å²) < 4.78 is 52.3. The van der Waals surface area contributed by atoms with Gasteiger partial charge in [0.1, 0.15) is 5.82 Å². The molecule has 0 bridgehead atoms. The van der Waals surface area contributed by atoms with Crippen LogP contribution in [0.15, 0.2) is 41.7 Å². The van der Waals surface area contributed by atoms with E-state index in [2.05, 4.69) is 15.0 Å². The van der Waals surface area contributed by atoms with E-state index < -0.39 is 17.6 Å². The SMILES string of the molecule is I.NC(=NCc1ccc(F)cc1C(F)(F)F)N1CCN(c2ncccn2)CC1. The minimum Gasteiger partial charge on any atom is -0.370 e. The summed E-state index contributed by atoms with van der Waals surface area (Å²) in [5, 5.41) is 0. The predicted octanol–water partition coefficient (Wildman–Crippen LogP) is 2.89. The van der Waals surface area contributed by atoms with Crippen molar-refractivity contribution in [3.63, 3.8) is 0 Å². The molecule has 1 aromatic carbocycles. The van der Waals surface area contributed by atoms with Crippen molar-refractivity contribution in [3.05, 3.63) is 53.6 Å². The van der Waals surface area contributed by atoms with Gasteiger partial charge in [-0.2, -0.15) is 13.2 Å². The maximum absolute atomic E-state index is 13.2. The second-order valence-corrected chi connectivity index (χ2v) is 6.00. The fourth-order valence-electron chi connectivity index (χ4n) is 2.81. The Morgan fingerprint density at radius 2 is 1.75 bits per heavy atom. The molecule has 0 unspecified atom stereocenters. The Hall–Kier alpha value is -2.18. The summed E-state index contributed by atoms with van der Waals surface area (Å²) in [7, 11) is 0. The zero-order valence-corrected chi connectivity index (χ0v) is 17.1. The lowest BCUT2D eigenvalue weighted by Gasteiger charge is -2.35. The number of aromatic nitrogens is 2. The first-order valence-corrected chi connectivity index (χ1v) is 8.27. The Morgan fingerprint density at radius 1 is 1.11 bits per heavy atom. The monoisotopic (exact) mass is 510 g/mol. The number of nitrogens with zero attached hydrogens (tertiary/aromatic N) is 5. The van der Waals surface area contributed by atoms with E-state index in [1.807, 2.05) is 4.90 Å². The molecule has 0 radical (unpaired) electrons. The second-order valence-electron chi connectivity index (χ2n) is 6.00. The van der Waals surface area contributed by atoms with Gasteiger partial charge < -0.3 is 15.5 Å². The van der Waals surface area contributed by atoms with E-state index in [-0.39, 0.29) is 42.0 Å². The van der Waals surface area contributed by atoms with Gasteiger partial charge in [-0.25, -0.2) is 19.4 Å². The Kier molecular flexibility index (Phi) is 7.38. The van der Waals surface area contributed by atoms with Crippen LogP contribution in [0, 0.1) is 5.82 Å². The van der Waals surface area contributed by atoms with Crippen molar-refractivity contribution in [2.75, 3.05) is 31.1 Å². The summed E-state index contributed by atoms with van der Waals surface area (Å²) in [6.45, 7) is 2.05. The van der Waals surface area contributed by atoms with E-state index in [1.54, 1.807) is 23.4 Å². The molecule has 2 aromatic rings. The molecule has 0 atom stereocenters. The van der Waals surface area contributed by atoms with Crippen LogP contribution in [0.25, 0.3) is 0 Å². The fourth-order valence-corrected chi connectivity index (χ4v) is 2.81. The lowest BCUT2D eigenvalue weighted by molar-refractivity contribution is -0.138. The van der Waals surface area contributed by atoms with Crippen LogP contribution in [-0.4, -0.2) is 47.0 Å². The third-order valence-electron chi connectivity index (χ3n) is 4.23. The first kappa shape index (κ1) is 22.1. The molecule has 2 heterocycles. The average Bonchev–Trinajstić information content (AvgIpc) is 2.67. The molecule has 1 aliphatic rings. The molecule has 0 spiro atoms. The zero-order chi connectivity index (χ0) is 19.4. The molecule has 2 N–H and O–H groups in total. The zero-order valence-electron chi connectivity index (χ0n) is 14.7. The van der Waals surface area contributed by atoms with Crippen LogP contribution in [0.4, 0.5) is 23.5 Å². The standard InChI is InChI=1S/C17H18F4N6.HI/c18-13-3-2-12(14(10-13)17(19,20)21)11-25-15(22)26-6-8-27(9-7-26)16-23-4-1-5-24-16;/h1-5,10H,6-9,11H2,(H2,22,25);1H. The first-order valence-electron chi connectivity index (χ1n) is 8.27. The van der Waals surface area contributed by atoms with Crippen molar-refractivity contribution in [1.82, 2.24) is 14.9 Å². The summed E-state index contributed by atoms with van der Waals surface area (Å²) in [5.41, 5.74) is 4.78. The number of alkyl halides is 3. The molecular weight excluding hydrogens is 491 g/mol. The molecule has 152 valence electrons. The van der Waals surface area contributed by atoms with Gasteiger partial charge >= 0.3 is 6.18 Å². The molecule has 11 heteroatoms. The number of anilines is 1. The number of nitrogens with two attached hydrogens (primary N) is 1.